The lowest BCUT2D eigenvalue weighted by atomic mass is 10.1. The van der Waals surface area contributed by atoms with Crippen LogP contribution in [0.1, 0.15) is 12.5 Å². The zero-order valence-electron chi connectivity index (χ0n) is 8.31. The molecule has 0 aromatic heterocycles. The van der Waals surface area contributed by atoms with E-state index in [1.165, 1.54) is 0 Å². The molecule has 0 bridgehead atoms. The minimum atomic E-state index is 0.186. The Hall–Kier alpha value is -1.63. The minimum absolute atomic E-state index is 0.186. The predicted molar refractivity (Wildman–Crippen MR) is 58.5 cm³/mol. The molecule has 72 valence electrons. The van der Waals surface area contributed by atoms with E-state index in [2.05, 4.69) is 0 Å². The van der Waals surface area contributed by atoms with E-state index < -0.39 is 0 Å². The van der Waals surface area contributed by atoms with Crippen LogP contribution in [0.2, 0.25) is 0 Å². The summed E-state index contributed by atoms with van der Waals surface area (Å²) in [5.74, 6) is 0.186. The lowest BCUT2D eigenvalue weighted by molar-refractivity contribution is -0.116. The highest BCUT2D eigenvalue weighted by atomic mass is 16.1. The van der Waals surface area contributed by atoms with Gasteiger partial charge in [0.25, 0.3) is 0 Å². The molecule has 0 aliphatic heterocycles. The summed E-state index contributed by atoms with van der Waals surface area (Å²) in [4.78, 5) is 10.9. The van der Waals surface area contributed by atoms with Crippen LogP contribution >= 0.6 is 0 Å². The number of hydrogen-bond donors (Lipinski definition) is 0. The average Bonchev–Trinajstić information content (AvgIpc) is 2.15. The van der Waals surface area contributed by atoms with Gasteiger partial charge in [0.1, 0.15) is 5.78 Å². The summed E-state index contributed by atoms with van der Waals surface area (Å²) in [5, 5.41) is 0. The van der Waals surface area contributed by atoms with Crippen LogP contribution in [0, 0.1) is 0 Å². The van der Waals surface area contributed by atoms with Crippen molar-refractivity contribution < 1.29 is 4.79 Å². The first-order valence-electron chi connectivity index (χ1n) is 4.66. The molecule has 1 rings (SSSR count). The predicted octanol–water partition coefficient (Wildman–Crippen LogP) is 2.94. The molecule has 0 saturated heterocycles. The van der Waals surface area contributed by atoms with E-state index in [1.54, 1.807) is 6.92 Å². The summed E-state index contributed by atoms with van der Waals surface area (Å²) < 4.78 is 0. The third-order valence-electron chi connectivity index (χ3n) is 1.74. The van der Waals surface area contributed by atoms with E-state index in [-0.39, 0.29) is 5.78 Å². The third-order valence-corrected chi connectivity index (χ3v) is 1.74. The molecule has 0 saturated carbocycles. The fraction of sp³-hybridized carbons (Fsp3) is 0.154. The molecule has 0 fully saturated rings. The SMILES string of the molecule is CC(=O)Cc1ccccccccc1. The van der Waals surface area contributed by atoms with Gasteiger partial charge in [-0.05, 0) is 12.5 Å². The number of carbonyl (C=O) groups is 1. The first-order chi connectivity index (χ1) is 6.79. The van der Waals surface area contributed by atoms with Gasteiger partial charge in [0.2, 0.25) is 0 Å². The summed E-state index contributed by atoms with van der Waals surface area (Å²) in [5.41, 5.74) is 1.04. The van der Waals surface area contributed by atoms with E-state index in [1.807, 2.05) is 54.6 Å². The van der Waals surface area contributed by atoms with Crippen LogP contribution in [0.3, 0.4) is 0 Å². The lowest BCUT2D eigenvalue weighted by Crippen LogP contribution is -1.94. The first-order valence-corrected chi connectivity index (χ1v) is 4.66. The van der Waals surface area contributed by atoms with Gasteiger partial charge in [-0.2, -0.15) is 0 Å². The maximum Gasteiger partial charge on any atom is 0.134 e. The summed E-state index contributed by atoms with van der Waals surface area (Å²) >= 11 is 0. The van der Waals surface area contributed by atoms with Crippen molar-refractivity contribution in [2.45, 2.75) is 13.3 Å². The Morgan fingerprint density at radius 1 is 0.929 bits per heavy atom. The van der Waals surface area contributed by atoms with Crippen LogP contribution in [-0.4, -0.2) is 5.78 Å². The summed E-state index contributed by atoms with van der Waals surface area (Å²) in [6.07, 6.45) is 0.498. The smallest absolute Gasteiger partial charge is 0.134 e. The highest BCUT2D eigenvalue weighted by Crippen LogP contribution is 1.96. The monoisotopic (exact) mass is 186 g/mol. The normalized spacial score (nSPS) is 8.93. The number of ketones is 1. The van der Waals surface area contributed by atoms with Crippen molar-refractivity contribution >= 4 is 5.78 Å². The molecule has 0 heterocycles. The van der Waals surface area contributed by atoms with Gasteiger partial charge in [-0.25, -0.2) is 0 Å². The van der Waals surface area contributed by atoms with Gasteiger partial charge in [0.05, 0.1) is 0 Å². The van der Waals surface area contributed by atoms with Crippen molar-refractivity contribution in [3.8, 4) is 0 Å². The Kier molecular flexibility index (Phi) is 4.42. The fourth-order valence-electron chi connectivity index (χ4n) is 1.14. The molecular weight excluding hydrogens is 172 g/mol. The van der Waals surface area contributed by atoms with Crippen LogP contribution in [0.4, 0.5) is 0 Å². The molecule has 0 spiro atoms. The van der Waals surface area contributed by atoms with E-state index in [0.717, 1.165) is 5.56 Å². The van der Waals surface area contributed by atoms with E-state index >= 15 is 0 Å². The molecule has 1 nitrogen and oxygen atoms in total. The second kappa shape index (κ2) is 5.92. The van der Waals surface area contributed by atoms with Crippen LogP contribution in [0.5, 0.6) is 0 Å². The highest BCUT2D eigenvalue weighted by molar-refractivity contribution is 5.78. The average molecular weight is 186 g/mol. The van der Waals surface area contributed by atoms with Gasteiger partial charge in [-0.3, -0.25) is 4.79 Å². The second-order valence-electron chi connectivity index (χ2n) is 3.13. The van der Waals surface area contributed by atoms with Gasteiger partial charge < -0.3 is 0 Å². The molecule has 1 aromatic rings. The standard InChI is InChI=1S/C13H14O/c1-12(14)11-13-9-7-5-3-2-4-6-8-10-13/h2-10H,11H2,1H3. The maximum absolute atomic E-state index is 10.9. The largest absolute Gasteiger partial charge is 0.300 e. The molecule has 0 N–H and O–H groups in total. The molecule has 1 aromatic carbocycles. The highest BCUT2D eigenvalue weighted by Gasteiger charge is 1.92. The minimum Gasteiger partial charge on any atom is -0.300 e. The Labute approximate surface area is 84.7 Å². The Morgan fingerprint density at radius 3 is 1.79 bits per heavy atom. The Morgan fingerprint density at radius 2 is 1.36 bits per heavy atom. The number of carbonyl (C=O) groups excluding carboxylic acids is 1. The number of rotatable bonds is 2. The molecule has 0 unspecified atom stereocenters. The van der Waals surface area contributed by atoms with Crippen LogP contribution in [0.15, 0.2) is 54.6 Å². The molecule has 1 heteroatoms. The molecule has 0 aliphatic rings. The molecule has 14 heavy (non-hydrogen) atoms. The summed E-state index contributed by atoms with van der Waals surface area (Å²) in [6, 6.07) is 17.6. The van der Waals surface area contributed by atoms with Crippen LogP contribution in [-0.2, 0) is 11.2 Å². The van der Waals surface area contributed by atoms with Crippen LogP contribution in [0.25, 0.3) is 0 Å². The lowest BCUT2D eigenvalue weighted by Gasteiger charge is -1.91. The fourth-order valence-corrected chi connectivity index (χ4v) is 1.14. The second-order valence-corrected chi connectivity index (χ2v) is 3.13. The van der Waals surface area contributed by atoms with Crippen molar-refractivity contribution in [1.29, 1.82) is 0 Å². The molecular formula is C13H14O. The zero-order valence-corrected chi connectivity index (χ0v) is 8.31. The quantitative estimate of drug-likeness (QED) is 0.694. The Balaban J connectivity index is 3.01. The van der Waals surface area contributed by atoms with E-state index in [0.29, 0.717) is 6.42 Å². The van der Waals surface area contributed by atoms with Gasteiger partial charge in [0, 0.05) is 6.42 Å². The Bertz CT molecular complexity index is 329. The third kappa shape index (κ3) is 4.41. The van der Waals surface area contributed by atoms with Crippen LogP contribution < -0.4 is 0 Å². The molecule has 0 atom stereocenters. The molecule has 0 radical (unpaired) electrons. The van der Waals surface area contributed by atoms with Gasteiger partial charge >= 0.3 is 0 Å². The molecule has 0 amide bonds. The summed E-state index contributed by atoms with van der Waals surface area (Å²) in [7, 11) is 0. The van der Waals surface area contributed by atoms with Gasteiger partial charge in [0.15, 0.2) is 0 Å². The first kappa shape index (κ1) is 10.5. The van der Waals surface area contributed by atoms with Crippen molar-refractivity contribution in [3.63, 3.8) is 0 Å². The van der Waals surface area contributed by atoms with E-state index in [4.69, 9.17) is 0 Å². The summed E-state index contributed by atoms with van der Waals surface area (Å²) in [6.45, 7) is 1.60. The van der Waals surface area contributed by atoms with Crippen molar-refractivity contribution in [2.24, 2.45) is 0 Å². The number of Topliss-reactive ketones (excluding diaryl/α,β-unsaturated/α-hetero) is 1. The van der Waals surface area contributed by atoms with E-state index in [9.17, 15) is 4.79 Å². The van der Waals surface area contributed by atoms with Crippen molar-refractivity contribution in [2.75, 3.05) is 0 Å². The van der Waals surface area contributed by atoms with Crippen molar-refractivity contribution in [1.82, 2.24) is 0 Å². The topological polar surface area (TPSA) is 17.1 Å². The van der Waals surface area contributed by atoms with Gasteiger partial charge in [-0.15, -0.1) is 0 Å². The molecule has 0 aliphatic carbocycles. The maximum atomic E-state index is 10.9. The number of hydrogen-bond acceptors (Lipinski definition) is 1. The van der Waals surface area contributed by atoms with Crippen molar-refractivity contribution in [3.05, 3.63) is 60.2 Å². The van der Waals surface area contributed by atoms with Gasteiger partial charge in [-0.1, -0.05) is 54.6 Å². The zero-order chi connectivity index (χ0) is 10.2.